The second kappa shape index (κ2) is 8.99. The molecule has 3 heteroatoms. The zero-order valence-corrected chi connectivity index (χ0v) is 11.3. The van der Waals surface area contributed by atoms with Gasteiger partial charge >= 0.3 is 5.97 Å². The van der Waals surface area contributed by atoms with Crippen molar-refractivity contribution in [3.63, 3.8) is 0 Å². The third-order valence-electron chi connectivity index (χ3n) is 2.70. The van der Waals surface area contributed by atoms with E-state index in [4.69, 9.17) is 4.74 Å². The zero-order valence-electron chi connectivity index (χ0n) is 11.3. The van der Waals surface area contributed by atoms with Crippen LogP contribution in [0, 0.1) is 0 Å². The topological polar surface area (TPSA) is 46.5 Å². The second-order valence-corrected chi connectivity index (χ2v) is 4.14. The van der Waals surface area contributed by atoms with Crippen LogP contribution in [0.5, 0.6) is 0 Å². The van der Waals surface area contributed by atoms with E-state index in [1.54, 1.807) is 19.9 Å². The van der Waals surface area contributed by atoms with Crippen molar-refractivity contribution in [1.29, 1.82) is 0 Å². The maximum absolute atomic E-state index is 11.5. The lowest BCUT2D eigenvalue weighted by atomic mass is 10.1. The maximum atomic E-state index is 11.5. The van der Waals surface area contributed by atoms with Crippen LogP contribution in [-0.2, 0) is 9.53 Å². The average Bonchev–Trinajstić information content (AvgIpc) is 2.34. The Morgan fingerprint density at radius 2 is 2.06 bits per heavy atom. The fraction of sp³-hybridized carbons (Fsp3) is 0.643. The number of allylic oxidation sites excluding steroid dienone is 2. The van der Waals surface area contributed by atoms with Crippen molar-refractivity contribution in [2.24, 2.45) is 0 Å². The van der Waals surface area contributed by atoms with E-state index in [0.717, 1.165) is 24.8 Å². The Morgan fingerprint density at radius 3 is 2.53 bits per heavy atom. The number of rotatable bonds is 7. The first-order valence-electron chi connectivity index (χ1n) is 6.18. The van der Waals surface area contributed by atoms with E-state index < -0.39 is 6.10 Å². The first-order valence-corrected chi connectivity index (χ1v) is 6.18. The van der Waals surface area contributed by atoms with Crippen LogP contribution in [0.25, 0.3) is 0 Å². The molecule has 3 nitrogen and oxygen atoms in total. The van der Waals surface area contributed by atoms with Gasteiger partial charge in [0.25, 0.3) is 0 Å². The molecule has 0 aromatic heterocycles. The number of aliphatic hydroxyl groups is 1. The van der Waals surface area contributed by atoms with E-state index in [-0.39, 0.29) is 12.6 Å². The molecule has 1 unspecified atom stereocenters. The molecule has 0 saturated carbocycles. The van der Waals surface area contributed by atoms with Gasteiger partial charge in [-0.1, -0.05) is 31.9 Å². The van der Waals surface area contributed by atoms with Crippen LogP contribution in [0.4, 0.5) is 0 Å². The lowest BCUT2D eigenvalue weighted by Gasteiger charge is -2.16. The Labute approximate surface area is 104 Å². The molecule has 0 amide bonds. The van der Waals surface area contributed by atoms with Crippen molar-refractivity contribution in [2.45, 2.75) is 53.1 Å². The van der Waals surface area contributed by atoms with Gasteiger partial charge in [-0.25, -0.2) is 4.79 Å². The van der Waals surface area contributed by atoms with Crippen LogP contribution in [0.2, 0.25) is 0 Å². The summed E-state index contributed by atoms with van der Waals surface area (Å²) in [6, 6.07) is 0. The van der Waals surface area contributed by atoms with E-state index in [2.05, 4.69) is 6.92 Å². The molecule has 17 heavy (non-hydrogen) atoms. The highest BCUT2D eigenvalue weighted by Gasteiger charge is 2.15. The van der Waals surface area contributed by atoms with Crippen LogP contribution >= 0.6 is 0 Å². The summed E-state index contributed by atoms with van der Waals surface area (Å²) < 4.78 is 5.22. The monoisotopic (exact) mass is 240 g/mol. The molecule has 0 fully saturated rings. The number of hydrogen-bond acceptors (Lipinski definition) is 3. The van der Waals surface area contributed by atoms with Gasteiger partial charge in [-0.2, -0.15) is 0 Å². The highest BCUT2D eigenvalue weighted by molar-refractivity contribution is 5.87. The molecule has 0 rings (SSSR count). The van der Waals surface area contributed by atoms with Gasteiger partial charge in [0.2, 0.25) is 0 Å². The molecule has 0 radical (unpaired) electrons. The minimum Gasteiger partial charge on any atom is -0.452 e. The molecule has 0 aliphatic rings. The number of hydrogen-bond donors (Lipinski definition) is 1. The lowest BCUT2D eigenvalue weighted by Crippen LogP contribution is -2.23. The van der Waals surface area contributed by atoms with Gasteiger partial charge < -0.3 is 9.84 Å². The molecule has 0 saturated heterocycles. The highest BCUT2D eigenvalue weighted by Crippen LogP contribution is 2.11. The molecule has 1 atom stereocenters. The van der Waals surface area contributed by atoms with Crippen LogP contribution in [-0.4, -0.2) is 23.8 Å². The number of ether oxygens (including phenoxy) is 1. The van der Waals surface area contributed by atoms with Gasteiger partial charge in [0.05, 0.1) is 6.61 Å². The van der Waals surface area contributed by atoms with Gasteiger partial charge in [-0.15, -0.1) is 0 Å². The number of aliphatic hydroxyl groups excluding tert-OH is 1. The molecule has 0 aromatic rings. The van der Waals surface area contributed by atoms with Crippen molar-refractivity contribution in [1.82, 2.24) is 0 Å². The van der Waals surface area contributed by atoms with Crippen LogP contribution < -0.4 is 0 Å². The summed E-state index contributed by atoms with van der Waals surface area (Å²) in [6.45, 7) is 7.33. The lowest BCUT2D eigenvalue weighted by molar-refractivity contribution is -0.144. The van der Waals surface area contributed by atoms with Crippen molar-refractivity contribution in [3.05, 3.63) is 23.3 Å². The molecule has 0 heterocycles. The fourth-order valence-electron chi connectivity index (χ4n) is 1.28. The first-order chi connectivity index (χ1) is 8.06. The number of carbonyl (C=O) groups is 1. The number of carbonyl (C=O) groups excluding carboxylic acids is 1. The number of unbranched alkanes of at least 4 members (excludes halogenated alkanes) is 2. The Morgan fingerprint density at radius 1 is 1.41 bits per heavy atom. The molecule has 98 valence electrons. The summed E-state index contributed by atoms with van der Waals surface area (Å²) in [4.78, 5) is 11.5. The Kier molecular flexibility index (Phi) is 8.42. The first kappa shape index (κ1) is 15.9. The van der Waals surface area contributed by atoms with Gasteiger partial charge in [0, 0.05) is 5.57 Å². The van der Waals surface area contributed by atoms with Gasteiger partial charge in [0.1, 0.15) is 6.10 Å². The highest BCUT2D eigenvalue weighted by atomic mass is 16.6. The van der Waals surface area contributed by atoms with Gasteiger partial charge in [0.15, 0.2) is 0 Å². The summed E-state index contributed by atoms with van der Waals surface area (Å²) in [6.07, 6.45) is 6.41. The van der Waals surface area contributed by atoms with E-state index in [1.165, 1.54) is 0 Å². The minimum absolute atomic E-state index is 0.169. The Balaban J connectivity index is 4.42. The largest absolute Gasteiger partial charge is 0.452 e. The quantitative estimate of drug-likeness (QED) is 0.322. The van der Waals surface area contributed by atoms with Crippen molar-refractivity contribution in [3.8, 4) is 0 Å². The summed E-state index contributed by atoms with van der Waals surface area (Å²) >= 11 is 0. The molecule has 0 aromatic carbocycles. The zero-order chi connectivity index (χ0) is 13.3. The molecule has 1 N–H and O–H groups in total. The van der Waals surface area contributed by atoms with Crippen molar-refractivity contribution in [2.75, 3.05) is 6.61 Å². The molecular formula is C14H24O3. The van der Waals surface area contributed by atoms with E-state index in [9.17, 15) is 9.90 Å². The maximum Gasteiger partial charge on any atom is 0.334 e. The van der Waals surface area contributed by atoms with E-state index in [1.807, 2.05) is 13.0 Å². The summed E-state index contributed by atoms with van der Waals surface area (Å²) in [5, 5.41) is 9.22. The summed E-state index contributed by atoms with van der Waals surface area (Å²) in [5.41, 5.74) is 1.48. The molecule has 0 spiro atoms. The second-order valence-electron chi connectivity index (χ2n) is 4.14. The van der Waals surface area contributed by atoms with Crippen molar-refractivity contribution < 1.29 is 14.6 Å². The molecule has 0 bridgehead atoms. The fourth-order valence-corrected chi connectivity index (χ4v) is 1.28. The number of esters is 1. The van der Waals surface area contributed by atoms with Crippen LogP contribution in [0.1, 0.15) is 47.0 Å². The van der Waals surface area contributed by atoms with Crippen LogP contribution in [0.15, 0.2) is 23.3 Å². The standard InChI is InChI=1S/C14H24O3/c1-5-7-8-9-12(4)13(10-15)17-14(16)11(3)6-2/h6,9,13,15H,5,7-8,10H2,1-4H3. The molecule has 0 aliphatic heterocycles. The third kappa shape index (κ3) is 6.27. The third-order valence-corrected chi connectivity index (χ3v) is 2.70. The predicted molar refractivity (Wildman–Crippen MR) is 69.7 cm³/mol. The molecular weight excluding hydrogens is 216 g/mol. The SMILES string of the molecule is CC=C(C)C(=O)OC(CO)C(C)=CCCCC. The minimum atomic E-state index is -0.519. The summed E-state index contributed by atoms with van der Waals surface area (Å²) in [5.74, 6) is -0.366. The van der Waals surface area contributed by atoms with E-state index >= 15 is 0 Å². The smallest absolute Gasteiger partial charge is 0.334 e. The van der Waals surface area contributed by atoms with Gasteiger partial charge in [-0.3, -0.25) is 0 Å². The molecule has 0 aliphatic carbocycles. The summed E-state index contributed by atoms with van der Waals surface area (Å²) in [7, 11) is 0. The average molecular weight is 240 g/mol. The Hall–Kier alpha value is -1.09. The Bertz CT molecular complexity index is 290. The van der Waals surface area contributed by atoms with Gasteiger partial charge in [-0.05, 0) is 32.8 Å². The van der Waals surface area contributed by atoms with Crippen LogP contribution in [0.3, 0.4) is 0 Å². The predicted octanol–water partition coefficient (Wildman–Crippen LogP) is 2.99. The van der Waals surface area contributed by atoms with Crippen molar-refractivity contribution >= 4 is 5.97 Å². The van der Waals surface area contributed by atoms with E-state index in [0.29, 0.717) is 5.57 Å². The normalized spacial score (nSPS) is 14.6.